The Morgan fingerprint density at radius 1 is 1.39 bits per heavy atom. The average molecular weight is 267 g/mol. The van der Waals surface area contributed by atoms with Crippen molar-refractivity contribution in [3.8, 4) is 0 Å². The molecule has 98 valence electrons. The smallest absolute Gasteiger partial charge is 0.0472 e. The van der Waals surface area contributed by atoms with Crippen LogP contribution in [0.25, 0.3) is 10.9 Å². The van der Waals surface area contributed by atoms with Gasteiger partial charge in [0.1, 0.15) is 0 Å². The van der Waals surface area contributed by atoms with E-state index in [9.17, 15) is 0 Å². The summed E-state index contributed by atoms with van der Waals surface area (Å²) in [6.45, 7) is 5.15. The fourth-order valence-electron chi connectivity index (χ4n) is 2.01. The van der Waals surface area contributed by atoms with Crippen LogP contribution >= 0.6 is 11.6 Å². The highest BCUT2D eigenvalue weighted by atomic mass is 35.5. The van der Waals surface area contributed by atoms with Crippen molar-refractivity contribution >= 4 is 22.5 Å². The molecule has 0 saturated carbocycles. The van der Waals surface area contributed by atoms with Gasteiger partial charge in [-0.25, -0.2) is 0 Å². The van der Waals surface area contributed by atoms with Crippen molar-refractivity contribution in [2.45, 2.75) is 32.4 Å². The van der Waals surface area contributed by atoms with Crippen LogP contribution in [0.15, 0.2) is 24.4 Å². The van der Waals surface area contributed by atoms with Gasteiger partial charge in [-0.15, -0.1) is 0 Å². The summed E-state index contributed by atoms with van der Waals surface area (Å²) in [5, 5.41) is 14.4. The van der Waals surface area contributed by atoms with E-state index >= 15 is 0 Å². The molecule has 2 aromatic rings. The molecule has 1 aromatic heterocycles. The quantitative estimate of drug-likeness (QED) is 0.779. The third kappa shape index (κ3) is 3.05. The number of aromatic amines is 1. The fourth-order valence-corrected chi connectivity index (χ4v) is 2.18. The van der Waals surface area contributed by atoms with Gasteiger partial charge in [0.05, 0.1) is 0 Å². The minimum atomic E-state index is -0.0647. The first-order chi connectivity index (χ1) is 8.52. The monoisotopic (exact) mass is 266 g/mol. The molecule has 3 N–H and O–H groups in total. The van der Waals surface area contributed by atoms with Crippen LogP contribution in [0.5, 0.6) is 0 Å². The number of hydrogen-bond donors (Lipinski definition) is 3. The predicted molar refractivity (Wildman–Crippen MR) is 75.9 cm³/mol. The lowest BCUT2D eigenvalue weighted by atomic mass is 10.0. The van der Waals surface area contributed by atoms with Gasteiger partial charge in [-0.2, -0.15) is 0 Å². The Labute approximate surface area is 112 Å². The van der Waals surface area contributed by atoms with Gasteiger partial charge in [0.2, 0.25) is 0 Å². The number of fused-ring (bicyclic) bond motifs is 1. The van der Waals surface area contributed by atoms with E-state index in [2.05, 4.69) is 24.1 Å². The largest absolute Gasteiger partial charge is 0.396 e. The number of nitrogens with one attached hydrogen (secondary N) is 2. The van der Waals surface area contributed by atoms with E-state index in [1.165, 1.54) is 10.9 Å². The van der Waals surface area contributed by atoms with Gasteiger partial charge in [-0.05, 0) is 38.0 Å². The van der Waals surface area contributed by atoms with Crippen LogP contribution in [-0.2, 0) is 6.54 Å². The Balaban J connectivity index is 2.13. The van der Waals surface area contributed by atoms with E-state index in [-0.39, 0.29) is 12.1 Å². The van der Waals surface area contributed by atoms with Crippen LogP contribution in [0.4, 0.5) is 0 Å². The van der Waals surface area contributed by atoms with Crippen molar-refractivity contribution in [1.82, 2.24) is 10.3 Å². The molecule has 18 heavy (non-hydrogen) atoms. The molecular weight excluding hydrogens is 248 g/mol. The Morgan fingerprint density at radius 2 is 2.17 bits per heavy atom. The summed E-state index contributed by atoms with van der Waals surface area (Å²) in [6.07, 6.45) is 2.74. The van der Waals surface area contributed by atoms with E-state index in [1.54, 1.807) is 0 Å². The van der Waals surface area contributed by atoms with Crippen molar-refractivity contribution in [2.75, 3.05) is 6.61 Å². The first kappa shape index (κ1) is 13.4. The summed E-state index contributed by atoms with van der Waals surface area (Å²) in [7, 11) is 0. The summed E-state index contributed by atoms with van der Waals surface area (Å²) in [6, 6.07) is 5.86. The second-order valence-corrected chi connectivity index (χ2v) is 5.65. The molecule has 0 aliphatic rings. The average Bonchev–Trinajstić information content (AvgIpc) is 2.68. The lowest BCUT2D eigenvalue weighted by Gasteiger charge is -2.25. The number of H-pyrrole nitrogens is 1. The van der Waals surface area contributed by atoms with E-state index in [4.69, 9.17) is 16.7 Å². The van der Waals surface area contributed by atoms with Crippen molar-refractivity contribution in [1.29, 1.82) is 0 Å². The molecule has 0 saturated heterocycles. The molecule has 1 heterocycles. The van der Waals surface area contributed by atoms with E-state index < -0.39 is 0 Å². The number of aliphatic hydroxyl groups excluding tert-OH is 1. The predicted octanol–water partition coefficient (Wildman–Crippen LogP) is 3.07. The van der Waals surface area contributed by atoms with Crippen LogP contribution < -0.4 is 5.32 Å². The van der Waals surface area contributed by atoms with Gasteiger partial charge in [0.25, 0.3) is 0 Å². The molecule has 0 fully saturated rings. The molecule has 0 amide bonds. The normalized spacial score (nSPS) is 12.2. The second-order valence-electron chi connectivity index (χ2n) is 5.21. The molecule has 0 aliphatic heterocycles. The van der Waals surface area contributed by atoms with E-state index in [1.807, 2.05) is 24.4 Å². The van der Waals surface area contributed by atoms with Crippen molar-refractivity contribution in [3.63, 3.8) is 0 Å². The van der Waals surface area contributed by atoms with Gasteiger partial charge < -0.3 is 15.4 Å². The van der Waals surface area contributed by atoms with Gasteiger partial charge >= 0.3 is 0 Å². The minimum absolute atomic E-state index is 0.0647. The lowest BCUT2D eigenvalue weighted by Crippen LogP contribution is -2.39. The van der Waals surface area contributed by atoms with Crippen LogP contribution in [-0.4, -0.2) is 22.2 Å². The zero-order valence-electron chi connectivity index (χ0n) is 10.8. The molecule has 0 radical (unpaired) electrons. The number of benzene rings is 1. The van der Waals surface area contributed by atoms with Gasteiger partial charge in [-0.3, -0.25) is 0 Å². The number of halogens is 1. The molecule has 4 heteroatoms. The maximum Gasteiger partial charge on any atom is 0.0472 e. The van der Waals surface area contributed by atoms with E-state index in [0.717, 1.165) is 23.5 Å². The first-order valence-corrected chi connectivity index (χ1v) is 6.51. The summed E-state index contributed by atoms with van der Waals surface area (Å²) < 4.78 is 0. The van der Waals surface area contributed by atoms with Crippen molar-refractivity contribution in [3.05, 3.63) is 35.0 Å². The number of hydrogen-bond acceptors (Lipinski definition) is 2. The number of aromatic nitrogens is 1. The molecule has 0 spiro atoms. The molecule has 1 aromatic carbocycles. The molecule has 0 atom stereocenters. The summed E-state index contributed by atoms with van der Waals surface area (Å²) in [5.74, 6) is 0. The van der Waals surface area contributed by atoms with Crippen molar-refractivity contribution < 1.29 is 5.11 Å². The molecule has 0 unspecified atom stereocenters. The summed E-state index contributed by atoms with van der Waals surface area (Å²) >= 11 is 5.96. The SMILES string of the molecule is CC(C)(CCO)NCc1c[nH]c2cc(Cl)ccc12. The third-order valence-electron chi connectivity index (χ3n) is 3.22. The van der Waals surface area contributed by atoms with Crippen LogP contribution in [0.3, 0.4) is 0 Å². The number of aliphatic hydroxyl groups is 1. The Bertz CT molecular complexity index is 534. The molecule has 0 aliphatic carbocycles. The first-order valence-electron chi connectivity index (χ1n) is 6.13. The van der Waals surface area contributed by atoms with Crippen LogP contribution in [0, 0.1) is 0 Å². The van der Waals surface area contributed by atoms with Gasteiger partial charge in [0, 0.05) is 40.8 Å². The summed E-state index contributed by atoms with van der Waals surface area (Å²) in [5.41, 5.74) is 2.21. The highest BCUT2D eigenvalue weighted by Gasteiger charge is 2.16. The Hall–Kier alpha value is -1.03. The second kappa shape index (κ2) is 5.31. The molecule has 0 bridgehead atoms. The minimum Gasteiger partial charge on any atom is -0.396 e. The Kier molecular flexibility index (Phi) is 3.95. The molecular formula is C14H19ClN2O. The van der Waals surface area contributed by atoms with Crippen molar-refractivity contribution in [2.24, 2.45) is 0 Å². The zero-order chi connectivity index (χ0) is 13.2. The molecule has 3 nitrogen and oxygen atoms in total. The maximum absolute atomic E-state index is 9.00. The van der Waals surface area contributed by atoms with E-state index in [0.29, 0.717) is 0 Å². The van der Waals surface area contributed by atoms with Crippen LogP contribution in [0.2, 0.25) is 5.02 Å². The maximum atomic E-state index is 9.00. The third-order valence-corrected chi connectivity index (χ3v) is 3.46. The highest BCUT2D eigenvalue weighted by molar-refractivity contribution is 6.31. The highest BCUT2D eigenvalue weighted by Crippen LogP contribution is 2.22. The van der Waals surface area contributed by atoms with Gasteiger partial charge in [-0.1, -0.05) is 17.7 Å². The Morgan fingerprint density at radius 3 is 2.89 bits per heavy atom. The van der Waals surface area contributed by atoms with Crippen LogP contribution in [0.1, 0.15) is 25.8 Å². The fraction of sp³-hybridized carbons (Fsp3) is 0.429. The molecule has 2 rings (SSSR count). The topological polar surface area (TPSA) is 48.0 Å². The lowest BCUT2D eigenvalue weighted by molar-refractivity contribution is 0.230. The number of rotatable bonds is 5. The standard InChI is InChI=1S/C14H19ClN2O/c1-14(2,5-6-18)17-9-10-8-16-13-7-11(15)3-4-12(10)13/h3-4,7-8,16-18H,5-6,9H2,1-2H3. The summed E-state index contributed by atoms with van der Waals surface area (Å²) in [4.78, 5) is 3.22. The van der Waals surface area contributed by atoms with Gasteiger partial charge in [0.15, 0.2) is 0 Å². The zero-order valence-corrected chi connectivity index (χ0v) is 11.5.